The van der Waals surface area contributed by atoms with E-state index in [-0.39, 0.29) is 5.54 Å². The largest absolute Gasteiger partial charge is 0.508 e. The third-order valence-corrected chi connectivity index (χ3v) is 4.88. The average Bonchev–Trinajstić information content (AvgIpc) is 2.80. The topological polar surface area (TPSA) is 26.7 Å². The lowest BCUT2D eigenvalue weighted by atomic mass is 10.0. The molecule has 1 aliphatic heterocycles. The van der Waals surface area contributed by atoms with Gasteiger partial charge in [0.05, 0.1) is 0 Å². The lowest BCUT2D eigenvalue weighted by Gasteiger charge is -2.44. The van der Waals surface area contributed by atoms with Crippen molar-refractivity contribution in [3.8, 4) is 5.75 Å². The molecule has 1 N–H and O–H groups in total. The second-order valence-electron chi connectivity index (χ2n) is 7.13. The molecule has 1 unspecified atom stereocenters. The summed E-state index contributed by atoms with van der Waals surface area (Å²) in [6.45, 7) is 11.5. The normalized spacial score (nSPS) is 24.9. The third-order valence-electron chi connectivity index (χ3n) is 4.88. The molecule has 1 aromatic carbocycles. The maximum atomic E-state index is 9.60. The van der Waals surface area contributed by atoms with Gasteiger partial charge in [-0.1, -0.05) is 6.07 Å². The highest BCUT2D eigenvalue weighted by Crippen LogP contribution is 2.37. The Morgan fingerprint density at radius 2 is 1.80 bits per heavy atom. The smallest absolute Gasteiger partial charge is 0.115 e. The second-order valence-corrected chi connectivity index (χ2v) is 7.13. The van der Waals surface area contributed by atoms with Crippen LogP contribution >= 0.6 is 0 Å². The molecule has 110 valence electrons. The maximum Gasteiger partial charge on any atom is 0.115 e. The molecule has 0 saturated carbocycles. The Morgan fingerprint density at radius 1 is 1.10 bits per heavy atom. The molecule has 0 radical (unpaired) electrons. The highest BCUT2D eigenvalue weighted by Gasteiger charge is 2.32. The summed E-state index contributed by atoms with van der Waals surface area (Å²) in [4.78, 5) is 5.21. The van der Waals surface area contributed by atoms with E-state index in [1.807, 2.05) is 12.1 Å². The van der Waals surface area contributed by atoms with E-state index in [2.05, 4.69) is 36.6 Å². The monoisotopic (exact) mass is 274 g/mol. The van der Waals surface area contributed by atoms with Crippen molar-refractivity contribution in [1.82, 2.24) is 9.80 Å². The van der Waals surface area contributed by atoms with Crippen LogP contribution in [0.1, 0.15) is 44.4 Å². The number of benzene rings is 1. The first-order valence-electron chi connectivity index (χ1n) is 7.76. The predicted octanol–water partition coefficient (Wildman–Crippen LogP) is 2.80. The fourth-order valence-electron chi connectivity index (χ4n) is 3.67. The molecule has 1 heterocycles. The van der Waals surface area contributed by atoms with Crippen LogP contribution in [0.3, 0.4) is 0 Å². The first-order chi connectivity index (χ1) is 9.45. The molecule has 3 nitrogen and oxygen atoms in total. The van der Waals surface area contributed by atoms with Crippen molar-refractivity contribution in [2.75, 3.05) is 26.2 Å². The van der Waals surface area contributed by atoms with Crippen molar-refractivity contribution in [2.24, 2.45) is 0 Å². The SMILES string of the molecule is CC(C)(C)N1CCN(C2CCc3cc(O)ccc32)CC1. The Bertz CT molecular complexity index is 484. The summed E-state index contributed by atoms with van der Waals surface area (Å²) >= 11 is 0. The highest BCUT2D eigenvalue weighted by molar-refractivity contribution is 5.40. The summed E-state index contributed by atoms with van der Waals surface area (Å²) in [5.74, 6) is 0.405. The van der Waals surface area contributed by atoms with Gasteiger partial charge in [-0.3, -0.25) is 9.80 Å². The molecule has 3 rings (SSSR count). The molecule has 0 amide bonds. The number of fused-ring (bicyclic) bond motifs is 1. The zero-order valence-corrected chi connectivity index (χ0v) is 12.9. The first kappa shape index (κ1) is 13.9. The van der Waals surface area contributed by atoms with Crippen molar-refractivity contribution in [3.63, 3.8) is 0 Å². The molecule has 1 aromatic rings. The van der Waals surface area contributed by atoms with E-state index in [4.69, 9.17) is 0 Å². The van der Waals surface area contributed by atoms with Crippen LogP contribution in [0.25, 0.3) is 0 Å². The van der Waals surface area contributed by atoms with Crippen LogP contribution in [0.5, 0.6) is 5.75 Å². The summed E-state index contributed by atoms with van der Waals surface area (Å²) in [6.07, 6.45) is 2.31. The number of hydrogen-bond donors (Lipinski definition) is 1. The van der Waals surface area contributed by atoms with Gasteiger partial charge in [-0.15, -0.1) is 0 Å². The maximum absolute atomic E-state index is 9.60. The minimum absolute atomic E-state index is 0.283. The number of phenols is 1. The van der Waals surface area contributed by atoms with Gasteiger partial charge < -0.3 is 5.11 Å². The second kappa shape index (κ2) is 5.05. The Morgan fingerprint density at radius 3 is 2.45 bits per heavy atom. The Labute approximate surface area is 122 Å². The van der Waals surface area contributed by atoms with Gasteiger partial charge in [0.25, 0.3) is 0 Å². The van der Waals surface area contributed by atoms with E-state index in [9.17, 15) is 5.11 Å². The van der Waals surface area contributed by atoms with Crippen molar-refractivity contribution in [2.45, 2.75) is 45.2 Å². The molecule has 0 aromatic heterocycles. The summed E-state index contributed by atoms with van der Waals surface area (Å²) in [5, 5.41) is 9.60. The standard InChI is InChI=1S/C17H26N2O/c1-17(2,3)19-10-8-18(9-11-19)16-7-4-13-12-14(20)5-6-15(13)16/h5-6,12,16,20H,4,7-11H2,1-3H3. The van der Waals surface area contributed by atoms with E-state index < -0.39 is 0 Å². The number of aryl methyl sites for hydroxylation is 1. The van der Waals surface area contributed by atoms with E-state index in [1.54, 1.807) is 0 Å². The molecule has 2 aliphatic rings. The molecule has 1 fully saturated rings. The molecule has 1 atom stereocenters. The fraction of sp³-hybridized carbons (Fsp3) is 0.647. The lowest BCUT2D eigenvalue weighted by molar-refractivity contribution is 0.0419. The zero-order chi connectivity index (χ0) is 14.3. The number of piperazine rings is 1. The van der Waals surface area contributed by atoms with Gasteiger partial charge in [-0.25, -0.2) is 0 Å². The molecule has 3 heteroatoms. The molecular formula is C17H26N2O. The Balaban J connectivity index is 1.69. The number of hydrogen-bond acceptors (Lipinski definition) is 3. The van der Waals surface area contributed by atoms with Crippen LogP contribution in [0.2, 0.25) is 0 Å². The van der Waals surface area contributed by atoms with E-state index in [0.717, 1.165) is 32.6 Å². The van der Waals surface area contributed by atoms with Crippen LogP contribution in [0.15, 0.2) is 18.2 Å². The average molecular weight is 274 g/mol. The Kier molecular flexibility index (Phi) is 3.51. The van der Waals surface area contributed by atoms with Crippen LogP contribution in [0.4, 0.5) is 0 Å². The predicted molar refractivity (Wildman–Crippen MR) is 82.1 cm³/mol. The highest BCUT2D eigenvalue weighted by atomic mass is 16.3. The zero-order valence-electron chi connectivity index (χ0n) is 12.9. The lowest BCUT2D eigenvalue weighted by Crippen LogP contribution is -2.53. The van der Waals surface area contributed by atoms with E-state index in [0.29, 0.717) is 11.8 Å². The number of aromatic hydroxyl groups is 1. The number of nitrogens with zero attached hydrogens (tertiary/aromatic N) is 2. The summed E-state index contributed by atoms with van der Waals surface area (Å²) < 4.78 is 0. The Hall–Kier alpha value is -1.06. The minimum atomic E-state index is 0.283. The molecule has 1 saturated heterocycles. The summed E-state index contributed by atoms with van der Waals surface area (Å²) in [6, 6.07) is 6.47. The summed E-state index contributed by atoms with van der Waals surface area (Å²) in [7, 11) is 0. The van der Waals surface area contributed by atoms with Gasteiger partial charge >= 0.3 is 0 Å². The van der Waals surface area contributed by atoms with Gasteiger partial charge in [-0.05, 0) is 56.9 Å². The molecular weight excluding hydrogens is 248 g/mol. The third kappa shape index (κ3) is 2.57. The van der Waals surface area contributed by atoms with Crippen molar-refractivity contribution in [3.05, 3.63) is 29.3 Å². The van der Waals surface area contributed by atoms with Gasteiger partial charge in [0.15, 0.2) is 0 Å². The van der Waals surface area contributed by atoms with Gasteiger partial charge in [-0.2, -0.15) is 0 Å². The van der Waals surface area contributed by atoms with Crippen LogP contribution in [-0.2, 0) is 6.42 Å². The van der Waals surface area contributed by atoms with E-state index >= 15 is 0 Å². The fourth-order valence-corrected chi connectivity index (χ4v) is 3.67. The number of rotatable bonds is 1. The van der Waals surface area contributed by atoms with Gasteiger partial charge in [0.2, 0.25) is 0 Å². The van der Waals surface area contributed by atoms with Crippen LogP contribution < -0.4 is 0 Å². The van der Waals surface area contributed by atoms with Crippen LogP contribution in [0, 0.1) is 0 Å². The van der Waals surface area contributed by atoms with Crippen LogP contribution in [-0.4, -0.2) is 46.6 Å². The van der Waals surface area contributed by atoms with Crippen molar-refractivity contribution < 1.29 is 5.11 Å². The first-order valence-corrected chi connectivity index (χ1v) is 7.76. The molecule has 0 spiro atoms. The minimum Gasteiger partial charge on any atom is -0.508 e. The quantitative estimate of drug-likeness (QED) is 0.853. The molecule has 20 heavy (non-hydrogen) atoms. The van der Waals surface area contributed by atoms with Gasteiger partial charge in [0.1, 0.15) is 5.75 Å². The van der Waals surface area contributed by atoms with Crippen molar-refractivity contribution >= 4 is 0 Å². The van der Waals surface area contributed by atoms with Gasteiger partial charge in [0, 0.05) is 37.8 Å². The molecule has 1 aliphatic carbocycles. The van der Waals surface area contributed by atoms with Crippen molar-refractivity contribution in [1.29, 1.82) is 0 Å². The molecule has 0 bridgehead atoms. The number of phenolic OH excluding ortho intramolecular Hbond substituents is 1. The van der Waals surface area contributed by atoms with E-state index in [1.165, 1.54) is 17.5 Å². The summed E-state index contributed by atoms with van der Waals surface area (Å²) in [5.41, 5.74) is 3.06.